The fourth-order valence-electron chi connectivity index (χ4n) is 1.32. The molecule has 0 bridgehead atoms. The van der Waals surface area contributed by atoms with Crippen molar-refractivity contribution >= 4 is 31.9 Å². The van der Waals surface area contributed by atoms with Crippen molar-refractivity contribution in [3.63, 3.8) is 0 Å². The number of hydrogen-bond acceptors (Lipinski definition) is 1. The maximum absolute atomic E-state index is 5.66. The molecule has 0 spiro atoms. The highest BCUT2D eigenvalue weighted by Crippen LogP contribution is 2.18. The zero-order valence-electron chi connectivity index (χ0n) is 8.49. The summed E-state index contributed by atoms with van der Waals surface area (Å²) < 4.78 is 7.79. The molecule has 3 heteroatoms. The molecule has 1 nitrogen and oxygen atoms in total. The van der Waals surface area contributed by atoms with E-state index >= 15 is 0 Å². The van der Waals surface area contributed by atoms with Crippen LogP contribution in [0.3, 0.4) is 0 Å². The van der Waals surface area contributed by atoms with E-state index in [0.29, 0.717) is 6.61 Å². The minimum absolute atomic E-state index is 0.584. The maximum Gasteiger partial charge on any atom is 0.119 e. The number of rotatable bonds is 3. The van der Waals surface area contributed by atoms with Crippen LogP contribution in [0.2, 0.25) is 0 Å². The third kappa shape index (κ3) is 3.35. The van der Waals surface area contributed by atoms with Crippen molar-refractivity contribution < 1.29 is 4.74 Å². The molecule has 2 aromatic carbocycles. The second-order valence-corrected chi connectivity index (χ2v) is 5.20. The fraction of sp³-hybridized carbons (Fsp3) is 0.0769. The SMILES string of the molecule is Brc1ccc(OCc2cccc(Br)c2)cc1. The summed E-state index contributed by atoms with van der Waals surface area (Å²) in [5.74, 6) is 0.878. The third-order valence-corrected chi connectivity index (χ3v) is 3.13. The average molecular weight is 342 g/mol. The van der Waals surface area contributed by atoms with Gasteiger partial charge in [-0.1, -0.05) is 44.0 Å². The standard InChI is InChI=1S/C13H10Br2O/c14-11-4-6-13(7-5-11)16-9-10-2-1-3-12(15)8-10/h1-8H,9H2. The lowest BCUT2D eigenvalue weighted by Gasteiger charge is -2.06. The number of benzene rings is 2. The molecule has 0 aromatic heterocycles. The molecular formula is C13H10Br2O. The van der Waals surface area contributed by atoms with Crippen LogP contribution >= 0.6 is 31.9 Å². The largest absolute Gasteiger partial charge is 0.489 e. The smallest absolute Gasteiger partial charge is 0.119 e. The second kappa shape index (κ2) is 5.51. The van der Waals surface area contributed by atoms with Gasteiger partial charge in [-0.3, -0.25) is 0 Å². The van der Waals surface area contributed by atoms with Crippen molar-refractivity contribution in [3.8, 4) is 5.75 Å². The highest BCUT2D eigenvalue weighted by molar-refractivity contribution is 9.10. The summed E-state index contributed by atoms with van der Waals surface area (Å²) in [4.78, 5) is 0. The van der Waals surface area contributed by atoms with Crippen molar-refractivity contribution in [3.05, 3.63) is 63.0 Å². The van der Waals surface area contributed by atoms with Crippen LogP contribution in [0.5, 0.6) is 5.75 Å². The molecule has 2 aromatic rings. The van der Waals surface area contributed by atoms with Gasteiger partial charge in [-0.05, 0) is 42.0 Å². The van der Waals surface area contributed by atoms with Crippen LogP contribution in [0.25, 0.3) is 0 Å². The van der Waals surface area contributed by atoms with Crippen LogP contribution in [0, 0.1) is 0 Å². The first-order valence-corrected chi connectivity index (χ1v) is 6.45. The molecular weight excluding hydrogens is 332 g/mol. The van der Waals surface area contributed by atoms with Gasteiger partial charge in [0, 0.05) is 8.95 Å². The van der Waals surface area contributed by atoms with E-state index in [1.807, 2.05) is 42.5 Å². The molecule has 0 aliphatic heterocycles. The average Bonchev–Trinajstić information content (AvgIpc) is 2.28. The summed E-state index contributed by atoms with van der Waals surface area (Å²) in [6.07, 6.45) is 0. The Morgan fingerprint density at radius 2 is 1.62 bits per heavy atom. The van der Waals surface area contributed by atoms with E-state index in [9.17, 15) is 0 Å². The van der Waals surface area contributed by atoms with Crippen molar-refractivity contribution in [1.82, 2.24) is 0 Å². The lowest BCUT2D eigenvalue weighted by Crippen LogP contribution is -1.94. The zero-order chi connectivity index (χ0) is 11.4. The zero-order valence-corrected chi connectivity index (χ0v) is 11.7. The van der Waals surface area contributed by atoms with Crippen molar-refractivity contribution in [2.45, 2.75) is 6.61 Å². The Balaban J connectivity index is 1.99. The summed E-state index contributed by atoms with van der Waals surface area (Å²) in [5.41, 5.74) is 1.15. The van der Waals surface area contributed by atoms with Gasteiger partial charge < -0.3 is 4.74 Å². The van der Waals surface area contributed by atoms with Gasteiger partial charge in [0.2, 0.25) is 0 Å². The van der Waals surface area contributed by atoms with E-state index in [4.69, 9.17) is 4.74 Å². The van der Waals surface area contributed by atoms with Crippen molar-refractivity contribution in [2.24, 2.45) is 0 Å². The molecule has 0 unspecified atom stereocenters. The Morgan fingerprint density at radius 1 is 0.875 bits per heavy atom. The molecule has 0 heterocycles. The number of ether oxygens (including phenoxy) is 1. The molecule has 0 saturated carbocycles. The molecule has 0 radical (unpaired) electrons. The Hall–Kier alpha value is -0.800. The first-order chi connectivity index (χ1) is 7.74. The van der Waals surface area contributed by atoms with Gasteiger partial charge in [0.25, 0.3) is 0 Å². The van der Waals surface area contributed by atoms with E-state index in [2.05, 4.69) is 37.9 Å². The predicted molar refractivity (Wildman–Crippen MR) is 72.6 cm³/mol. The van der Waals surface area contributed by atoms with Gasteiger partial charge in [-0.25, -0.2) is 0 Å². The molecule has 0 N–H and O–H groups in total. The quantitative estimate of drug-likeness (QED) is 0.779. The Morgan fingerprint density at radius 3 is 2.31 bits per heavy atom. The Labute approximate surface area is 112 Å². The van der Waals surface area contributed by atoms with Crippen LogP contribution in [-0.4, -0.2) is 0 Å². The molecule has 0 aliphatic rings. The van der Waals surface area contributed by atoms with Gasteiger partial charge in [0.1, 0.15) is 12.4 Å². The van der Waals surface area contributed by atoms with E-state index in [0.717, 1.165) is 20.3 Å². The van der Waals surface area contributed by atoms with E-state index in [1.165, 1.54) is 0 Å². The number of halogens is 2. The summed E-state index contributed by atoms with van der Waals surface area (Å²) in [7, 11) is 0. The van der Waals surface area contributed by atoms with Crippen molar-refractivity contribution in [1.29, 1.82) is 0 Å². The fourth-order valence-corrected chi connectivity index (χ4v) is 2.04. The van der Waals surface area contributed by atoms with Crippen LogP contribution in [0.4, 0.5) is 0 Å². The monoisotopic (exact) mass is 340 g/mol. The minimum atomic E-state index is 0.584. The molecule has 0 fully saturated rings. The molecule has 82 valence electrons. The Bertz CT molecular complexity index is 466. The first kappa shape index (κ1) is 11.7. The normalized spacial score (nSPS) is 10.1. The first-order valence-electron chi connectivity index (χ1n) is 4.87. The van der Waals surface area contributed by atoms with Gasteiger partial charge >= 0.3 is 0 Å². The molecule has 0 amide bonds. The third-order valence-electron chi connectivity index (χ3n) is 2.11. The van der Waals surface area contributed by atoms with Gasteiger partial charge in [-0.15, -0.1) is 0 Å². The highest BCUT2D eigenvalue weighted by Gasteiger charge is 1.96. The molecule has 0 atom stereocenters. The Kier molecular flexibility index (Phi) is 4.02. The van der Waals surface area contributed by atoms with E-state index < -0.39 is 0 Å². The topological polar surface area (TPSA) is 9.23 Å². The summed E-state index contributed by atoms with van der Waals surface area (Å²) >= 11 is 6.83. The molecule has 16 heavy (non-hydrogen) atoms. The molecule has 0 saturated heterocycles. The van der Waals surface area contributed by atoms with E-state index in [1.54, 1.807) is 0 Å². The van der Waals surface area contributed by atoms with Gasteiger partial charge in [0.15, 0.2) is 0 Å². The van der Waals surface area contributed by atoms with Gasteiger partial charge in [0.05, 0.1) is 0 Å². The van der Waals surface area contributed by atoms with Crippen LogP contribution in [-0.2, 0) is 6.61 Å². The van der Waals surface area contributed by atoms with Crippen LogP contribution in [0.1, 0.15) is 5.56 Å². The lowest BCUT2D eigenvalue weighted by molar-refractivity contribution is 0.306. The predicted octanol–water partition coefficient (Wildman–Crippen LogP) is 4.79. The maximum atomic E-state index is 5.66. The number of hydrogen-bond donors (Lipinski definition) is 0. The van der Waals surface area contributed by atoms with Crippen molar-refractivity contribution in [2.75, 3.05) is 0 Å². The lowest BCUT2D eigenvalue weighted by atomic mass is 10.2. The van der Waals surface area contributed by atoms with Crippen LogP contribution < -0.4 is 4.74 Å². The summed E-state index contributed by atoms with van der Waals surface area (Å²) in [5, 5.41) is 0. The van der Waals surface area contributed by atoms with Crippen LogP contribution in [0.15, 0.2) is 57.5 Å². The second-order valence-electron chi connectivity index (χ2n) is 3.37. The highest BCUT2D eigenvalue weighted by atomic mass is 79.9. The van der Waals surface area contributed by atoms with Gasteiger partial charge in [-0.2, -0.15) is 0 Å². The van der Waals surface area contributed by atoms with E-state index in [-0.39, 0.29) is 0 Å². The summed E-state index contributed by atoms with van der Waals surface area (Å²) in [6.45, 7) is 0.584. The summed E-state index contributed by atoms with van der Waals surface area (Å²) in [6, 6.07) is 15.9. The molecule has 2 rings (SSSR count). The molecule has 0 aliphatic carbocycles. The minimum Gasteiger partial charge on any atom is -0.489 e.